The Morgan fingerprint density at radius 1 is 1.07 bits per heavy atom. The molecule has 0 aliphatic rings. The predicted molar refractivity (Wildman–Crippen MR) is 122 cm³/mol. The third-order valence-electron chi connectivity index (χ3n) is 4.32. The summed E-state index contributed by atoms with van der Waals surface area (Å²) >= 11 is 6.76. The van der Waals surface area contributed by atoms with Gasteiger partial charge in [-0.25, -0.2) is 4.98 Å². The van der Waals surface area contributed by atoms with Gasteiger partial charge in [0.1, 0.15) is 10.8 Å². The lowest BCUT2D eigenvalue weighted by molar-refractivity contribution is 0.0977. The molecule has 4 rings (SSSR count). The van der Waals surface area contributed by atoms with E-state index in [0.717, 1.165) is 15.8 Å². The number of carbonyl (C=O) groups excluding carboxylic acids is 1. The first-order valence-electron chi connectivity index (χ1n) is 8.87. The molecule has 0 aliphatic heterocycles. The van der Waals surface area contributed by atoms with E-state index in [-0.39, 0.29) is 16.8 Å². The van der Waals surface area contributed by atoms with Crippen LogP contribution in [0.5, 0.6) is 5.75 Å². The average molecular weight is 420 g/mol. The number of anilines is 1. The fraction of sp³-hybridized carbons (Fsp3) is 0.0455. The molecule has 1 aromatic heterocycles. The maximum Gasteiger partial charge on any atom is 0.257 e. The number of thiocarbonyl (C=S) groups is 1. The zero-order valence-electron chi connectivity index (χ0n) is 15.5. The summed E-state index contributed by atoms with van der Waals surface area (Å²) in [6, 6.07) is 20.1. The van der Waals surface area contributed by atoms with Gasteiger partial charge >= 0.3 is 0 Å². The van der Waals surface area contributed by atoms with Gasteiger partial charge in [-0.1, -0.05) is 29.8 Å². The van der Waals surface area contributed by atoms with Crippen LogP contribution in [0.3, 0.4) is 0 Å². The van der Waals surface area contributed by atoms with Gasteiger partial charge in [-0.05, 0) is 61.6 Å². The Hall–Kier alpha value is -3.29. The lowest BCUT2D eigenvalue weighted by Gasteiger charge is -2.11. The largest absolute Gasteiger partial charge is 0.507 e. The van der Waals surface area contributed by atoms with Gasteiger partial charge < -0.3 is 10.4 Å². The normalized spacial score (nSPS) is 10.7. The van der Waals surface area contributed by atoms with Crippen molar-refractivity contribution in [3.05, 3.63) is 77.9 Å². The molecule has 0 saturated heterocycles. The smallest absolute Gasteiger partial charge is 0.257 e. The zero-order valence-corrected chi connectivity index (χ0v) is 17.1. The maximum atomic E-state index is 12.3. The number of hydrogen-bond acceptors (Lipinski definition) is 5. The number of aromatic nitrogens is 1. The van der Waals surface area contributed by atoms with Crippen molar-refractivity contribution in [3.63, 3.8) is 0 Å². The van der Waals surface area contributed by atoms with Crippen LogP contribution < -0.4 is 10.6 Å². The van der Waals surface area contributed by atoms with Gasteiger partial charge in [0, 0.05) is 11.3 Å². The number of nitrogens with zero attached hydrogens (tertiary/aromatic N) is 1. The molecule has 7 heteroatoms. The number of carbonyl (C=O) groups is 1. The second-order valence-corrected chi connectivity index (χ2v) is 7.93. The van der Waals surface area contributed by atoms with E-state index in [1.165, 1.54) is 11.3 Å². The molecule has 0 fully saturated rings. The van der Waals surface area contributed by atoms with E-state index >= 15 is 0 Å². The number of thiazole rings is 1. The van der Waals surface area contributed by atoms with Crippen LogP contribution >= 0.6 is 23.6 Å². The average Bonchev–Trinajstić information content (AvgIpc) is 3.14. The summed E-state index contributed by atoms with van der Waals surface area (Å²) in [5.74, 6) is -0.156. The summed E-state index contributed by atoms with van der Waals surface area (Å²) in [5, 5.41) is 16.8. The van der Waals surface area contributed by atoms with E-state index in [0.29, 0.717) is 21.8 Å². The third kappa shape index (κ3) is 4.26. The minimum absolute atomic E-state index is 0.129. The number of phenols is 1. The Balaban J connectivity index is 1.52. The molecule has 144 valence electrons. The van der Waals surface area contributed by atoms with Gasteiger partial charge in [0.15, 0.2) is 5.11 Å². The molecule has 1 heterocycles. The summed E-state index contributed by atoms with van der Waals surface area (Å²) < 4.78 is 1.04. The highest BCUT2D eigenvalue weighted by molar-refractivity contribution is 7.80. The molecule has 29 heavy (non-hydrogen) atoms. The van der Waals surface area contributed by atoms with Crippen molar-refractivity contribution < 1.29 is 9.90 Å². The summed E-state index contributed by atoms with van der Waals surface area (Å²) in [4.78, 5) is 16.9. The van der Waals surface area contributed by atoms with E-state index in [9.17, 15) is 9.90 Å². The van der Waals surface area contributed by atoms with E-state index in [1.807, 2.05) is 43.3 Å². The minimum atomic E-state index is -0.285. The molecular weight excluding hydrogens is 402 g/mol. The molecule has 3 aromatic carbocycles. The highest BCUT2D eigenvalue weighted by Gasteiger charge is 2.13. The molecule has 3 N–H and O–H groups in total. The molecule has 0 spiro atoms. The molecule has 4 aromatic rings. The first kappa shape index (κ1) is 19.0. The van der Waals surface area contributed by atoms with Gasteiger partial charge in [0.2, 0.25) is 0 Å². The second kappa shape index (κ2) is 7.98. The van der Waals surface area contributed by atoms with Gasteiger partial charge in [-0.3, -0.25) is 10.1 Å². The molecule has 0 unspecified atom stereocenters. The lowest BCUT2D eigenvalue weighted by atomic mass is 10.1. The molecule has 1 amide bonds. The number of rotatable bonds is 3. The highest BCUT2D eigenvalue weighted by atomic mass is 32.1. The molecular formula is C22H17N3O2S2. The summed E-state index contributed by atoms with van der Waals surface area (Å²) in [6.07, 6.45) is 0. The second-order valence-electron chi connectivity index (χ2n) is 6.49. The molecule has 0 aliphatic carbocycles. The van der Waals surface area contributed by atoms with Crippen molar-refractivity contribution in [1.29, 1.82) is 0 Å². The fourth-order valence-electron chi connectivity index (χ4n) is 2.82. The Bertz CT molecular complexity index is 1180. The predicted octanol–water partition coefficient (Wildman–Crippen LogP) is 5.10. The number of nitrogens with one attached hydrogen (secondary N) is 2. The topological polar surface area (TPSA) is 74.2 Å². The monoisotopic (exact) mass is 419 g/mol. The molecule has 0 bridgehead atoms. The number of amides is 1. The van der Waals surface area contributed by atoms with Crippen LogP contribution in [-0.4, -0.2) is 21.1 Å². The van der Waals surface area contributed by atoms with Gasteiger partial charge in [-0.15, -0.1) is 11.3 Å². The number of phenolic OH excluding ortho intramolecular Hbond substituents is 1. The van der Waals surface area contributed by atoms with Gasteiger partial charge in [-0.2, -0.15) is 0 Å². The number of aromatic hydroxyl groups is 1. The van der Waals surface area contributed by atoms with Crippen molar-refractivity contribution in [1.82, 2.24) is 10.3 Å². The Labute approximate surface area is 177 Å². The summed E-state index contributed by atoms with van der Waals surface area (Å²) in [5.41, 5.74) is 3.73. The maximum absolute atomic E-state index is 12.3. The van der Waals surface area contributed by atoms with Crippen molar-refractivity contribution in [2.24, 2.45) is 0 Å². The highest BCUT2D eigenvalue weighted by Crippen LogP contribution is 2.36. The van der Waals surface area contributed by atoms with Crippen molar-refractivity contribution in [2.45, 2.75) is 6.92 Å². The number of fused-ring (bicyclic) bond motifs is 1. The molecule has 5 nitrogen and oxygen atoms in total. The number of para-hydroxylation sites is 1. The van der Waals surface area contributed by atoms with Crippen LogP contribution in [0, 0.1) is 6.92 Å². The van der Waals surface area contributed by atoms with Gasteiger partial charge in [0.25, 0.3) is 5.91 Å². The standard InChI is InChI=1S/C22H17N3O2S2/c1-13-6-8-14(9-7-13)20(27)25-22(28)23-15-10-11-18(26)16(12-15)21-24-17-4-2-3-5-19(17)29-21/h2-12,26H,1H3,(H2,23,25,27,28). The summed E-state index contributed by atoms with van der Waals surface area (Å²) in [7, 11) is 0. The fourth-order valence-corrected chi connectivity index (χ4v) is 4.02. The first-order chi connectivity index (χ1) is 14.0. The van der Waals surface area contributed by atoms with Crippen LogP contribution in [0.25, 0.3) is 20.8 Å². The van der Waals surface area contributed by atoms with Gasteiger partial charge in [0.05, 0.1) is 15.8 Å². The van der Waals surface area contributed by atoms with Crippen molar-refractivity contribution in [3.8, 4) is 16.3 Å². The van der Waals surface area contributed by atoms with Crippen LogP contribution in [0.4, 0.5) is 5.69 Å². The minimum Gasteiger partial charge on any atom is -0.507 e. The molecule has 0 radical (unpaired) electrons. The van der Waals surface area contributed by atoms with Crippen LogP contribution in [-0.2, 0) is 0 Å². The SMILES string of the molecule is Cc1ccc(C(=O)NC(=S)Nc2ccc(O)c(-c3nc4ccccc4s3)c2)cc1. The first-order valence-corrected chi connectivity index (χ1v) is 10.1. The zero-order chi connectivity index (χ0) is 20.4. The van der Waals surface area contributed by atoms with Crippen LogP contribution in [0.15, 0.2) is 66.7 Å². The van der Waals surface area contributed by atoms with Crippen molar-refractivity contribution in [2.75, 3.05) is 5.32 Å². The number of benzene rings is 3. The molecule has 0 atom stereocenters. The Morgan fingerprint density at radius 3 is 2.59 bits per heavy atom. The number of aryl methyl sites for hydroxylation is 1. The third-order valence-corrected chi connectivity index (χ3v) is 5.59. The van der Waals surface area contributed by atoms with Crippen molar-refractivity contribution >= 4 is 50.5 Å². The van der Waals surface area contributed by atoms with E-state index < -0.39 is 0 Å². The lowest BCUT2D eigenvalue weighted by Crippen LogP contribution is -2.34. The Kier molecular flexibility index (Phi) is 5.24. The number of hydrogen-bond donors (Lipinski definition) is 3. The molecule has 0 saturated carbocycles. The summed E-state index contributed by atoms with van der Waals surface area (Å²) in [6.45, 7) is 1.96. The van der Waals surface area contributed by atoms with Crippen LogP contribution in [0.1, 0.15) is 15.9 Å². The van der Waals surface area contributed by atoms with Crippen LogP contribution in [0.2, 0.25) is 0 Å². The van der Waals surface area contributed by atoms with E-state index in [4.69, 9.17) is 12.2 Å². The quantitative estimate of drug-likeness (QED) is 0.318. The van der Waals surface area contributed by atoms with E-state index in [2.05, 4.69) is 15.6 Å². The Morgan fingerprint density at radius 2 is 1.83 bits per heavy atom. The van der Waals surface area contributed by atoms with E-state index in [1.54, 1.807) is 30.3 Å².